The Morgan fingerprint density at radius 3 is 2.71 bits per heavy atom. The van der Waals surface area contributed by atoms with Crippen LogP contribution in [0.15, 0.2) is 42.0 Å². The average molecular weight is 391 g/mol. The van der Waals surface area contributed by atoms with Crippen molar-refractivity contribution < 1.29 is 9.53 Å². The second kappa shape index (κ2) is 8.68. The Morgan fingerprint density at radius 2 is 2.04 bits per heavy atom. The standard InChI is InChI=1S/C22H21N3O2S/c1-4-9-27-18-7-5-16(6-8-18)12-17(13-23)21(26)25-22-24-20-15(3)10-14(2)11-19(20)28-22/h5-8,10-12H,4,9H2,1-3H3,(H,24,25,26)/b17-12+. The highest BCUT2D eigenvalue weighted by Crippen LogP contribution is 2.29. The summed E-state index contributed by atoms with van der Waals surface area (Å²) in [5.74, 6) is 0.296. The summed E-state index contributed by atoms with van der Waals surface area (Å²) in [6.45, 7) is 6.72. The molecule has 2 aromatic carbocycles. The van der Waals surface area contributed by atoms with E-state index in [1.165, 1.54) is 11.3 Å². The van der Waals surface area contributed by atoms with E-state index in [1.807, 2.05) is 57.2 Å². The van der Waals surface area contributed by atoms with Crippen molar-refractivity contribution in [1.29, 1.82) is 5.26 Å². The van der Waals surface area contributed by atoms with Gasteiger partial charge in [-0.1, -0.05) is 36.5 Å². The molecule has 0 bridgehead atoms. The lowest BCUT2D eigenvalue weighted by Gasteiger charge is -2.04. The Labute approximate surface area is 168 Å². The molecule has 28 heavy (non-hydrogen) atoms. The van der Waals surface area contributed by atoms with Crippen LogP contribution in [0.4, 0.5) is 5.13 Å². The smallest absolute Gasteiger partial charge is 0.268 e. The summed E-state index contributed by atoms with van der Waals surface area (Å²) in [5, 5.41) is 12.6. The maximum atomic E-state index is 12.5. The number of benzene rings is 2. The number of carbonyl (C=O) groups is 1. The number of ether oxygens (including phenoxy) is 1. The summed E-state index contributed by atoms with van der Waals surface area (Å²) in [5.41, 5.74) is 3.86. The molecule has 6 heteroatoms. The molecule has 0 aliphatic rings. The van der Waals surface area contributed by atoms with E-state index in [0.717, 1.165) is 39.1 Å². The molecule has 1 N–H and O–H groups in total. The van der Waals surface area contributed by atoms with Gasteiger partial charge in [0.15, 0.2) is 5.13 Å². The lowest BCUT2D eigenvalue weighted by molar-refractivity contribution is -0.112. The van der Waals surface area contributed by atoms with E-state index in [-0.39, 0.29) is 5.57 Å². The molecule has 0 unspecified atom stereocenters. The van der Waals surface area contributed by atoms with E-state index in [1.54, 1.807) is 6.08 Å². The Hall–Kier alpha value is -3.17. The molecule has 3 aromatic rings. The minimum atomic E-state index is -0.470. The molecule has 0 fully saturated rings. The minimum absolute atomic E-state index is 0.0226. The number of aromatic nitrogens is 1. The van der Waals surface area contributed by atoms with Crippen LogP contribution in [0.2, 0.25) is 0 Å². The zero-order chi connectivity index (χ0) is 20.1. The molecule has 1 aromatic heterocycles. The van der Waals surface area contributed by atoms with Crippen LogP contribution in [0.1, 0.15) is 30.0 Å². The number of anilines is 1. The highest BCUT2D eigenvalue weighted by atomic mass is 32.1. The minimum Gasteiger partial charge on any atom is -0.494 e. The fraction of sp³-hybridized carbons (Fsp3) is 0.227. The van der Waals surface area contributed by atoms with Crippen molar-refractivity contribution in [2.24, 2.45) is 0 Å². The van der Waals surface area contributed by atoms with Crippen LogP contribution in [0, 0.1) is 25.2 Å². The van der Waals surface area contributed by atoms with Crippen molar-refractivity contribution in [2.45, 2.75) is 27.2 Å². The van der Waals surface area contributed by atoms with Crippen LogP contribution in [0.3, 0.4) is 0 Å². The molecular formula is C22H21N3O2S. The van der Waals surface area contributed by atoms with Gasteiger partial charge in [0.1, 0.15) is 17.4 Å². The number of thiazole rings is 1. The van der Waals surface area contributed by atoms with E-state index >= 15 is 0 Å². The number of hydrogen-bond donors (Lipinski definition) is 1. The summed E-state index contributed by atoms with van der Waals surface area (Å²) in [6, 6.07) is 13.4. The summed E-state index contributed by atoms with van der Waals surface area (Å²) >= 11 is 1.40. The Balaban J connectivity index is 1.77. The summed E-state index contributed by atoms with van der Waals surface area (Å²) in [6.07, 6.45) is 2.49. The quantitative estimate of drug-likeness (QED) is 0.460. The number of rotatable bonds is 6. The van der Waals surface area contributed by atoms with Crippen molar-refractivity contribution in [2.75, 3.05) is 11.9 Å². The summed E-state index contributed by atoms with van der Waals surface area (Å²) < 4.78 is 6.55. The van der Waals surface area contributed by atoms with E-state index < -0.39 is 5.91 Å². The van der Waals surface area contributed by atoms with Crippen LogP contribution in [0.25, 0.3) is 16.3 Å². The molecule has 5 nitrogen and oxygen atoms in total. The van der Waals surface area contributed by atoms with Gasteiger partial charge in [-0.05, 0) is 61.2 Å². The molecule has 142 valence electrons. The number of nitrogens with one attached hydrogen (secondary N) is 1. The predicted molar refractivity (Wildman–Crippen MR) is 114 cm³/mol. The number of aryl methyl sites for hydroxylation is 2. The predicted octanol–water partition coefficient (Wildman–Crippen LogP) is 5.25. The van der Waals surface area contributed by atoms with Crippen LogP contribution in [-0.4, -0.2) is 17.5 Å². The van der Waals surface area contributed by atoms with Gasteiger partial charge in [0.05, 0.1) is 16.8 Å². The number of fused-ring (bicyclic) bond motifs is 1. The largest absolute Gasteiger partial charge is 0.494 e. The zero-order valence-corrected chi connectivity index (χ0v) is 16.9. The fourth-order valence-corrected chi connectivity index (χ4v) is 3.82. The maximum absolute atomic E-state index is 12.5. The van der Waals surface area contributed by atoms with E-state index in [9.17, 15) is 10.1 Å². The first-order valence-electron chi connectivity index (χ1n) is 9.04. The van der Waals surface area contributed by atoms with Crippen LogP contribution in [-0.2, 0) is 4.79 Å². The molecule has 3 rings (SSSR count). The van der Waals surface area contributed by atoms with Crippen molar-refractivity contribution in [1.82, 2.24) is 4.98 Å². The third-order valence-corrected chi connectivity index (χ3v) is 5.00. The van der Waals surface area contributed by atoms with Crippen molar-refractivity contribution in [3.05, 3.63) is 58.7 Å². The number of nitriles is 1. The normalized spacial score (nSPS) is 11.3. The van der Waals surface area contributed by atoms with Gasteiger partial charge < -0.3 is 4.74 Å². The molecule has 1 heterocycles. The second-order valence-corrected chi connectivity index (χ2v) is 7.52. The highest BCUT2D eigenvalue weighted by molar-refractivity contribution is 7.22. The second-order valence-electron chi connectivity index (χ2n) is 6.49. The fourth-order valence-electron chi connectivity index (χ4n) is 2.78. The van der Waals surface area contributed by atoms with Gasteiger partial charge in [-0.25, -0.2) is 4.98 Å². The van der Waals surface area contributed by atoms with Gasteiger partial charge in [0.2, 0.25) is 0 Å². The molecule has 1 amide bonds. The number of nitrogens with zero attached hydrogens (tertiary/aromatic N) is 2. The monoisotopic (exact) mass is 391 g/mol. The third-order valence-electron chi connectivity index (χ3n) is 4.08. The molecular weight excluding hydrogens is 370 g/mol. The summed E-state index contributed by atoms with van der Waals surface area (Å²) in [7, 11) is 0. The SMILES string of the molecule is CCCOc1ccc(/C=C(\C#N)C(=O)Nc2nc3c(C)cc(C)cc3s2)cc1. The number of carbonyl (C=O) groups excluding carboxylic acids is 1. The van der Waals surface area contributed by atoms with Crippen LogP contribution < -0.4 is 10.1 Å². The average Bonchev–Trinajstić information content (AvgIpc) is 3.07. The van der Waals surface area contributed by atoms with Gasteiger partial charge in [-0.2, -0.15) is 5.26 Å². The van der Waals surface area contributed by atoms with Gasteiger partial charge in [-0.15, -0.1) is 0 Å². The van der Waals surface area contributed by atoms with Gasteiger partial charge >= 0.3 is 0 Å². The Kier molecular flexibility index (Phi) is 6.07. The Bertz CT molecular complexity index is 1080. The summed E-state index contributed by atoms with van der Waals surface area (Å²) in [4.78, 5) is 17.0. The van der Waals surface area contributed by atoms with E-state index in [0.29, 0.717) is 11.7 Å². The van der Waals surface area contributed by atoms with Gasteiger partial charge in [0.25, 0.3) is 5.91 Å². The Morgan fingerprint density at radius 1 is 1.29 bits per heavy atom. The van der Waals surface area contributed by atoms with E-state index in [4.69, 9.17) is 4.74 Å². The highest BCUT2D eigenvalue weighted by Gasteiger charge is 2.13. The van der Waals surface area contributed by atoms with Crippen LogP contribution in [0.5, 0.6) is 5.75 Å². The third kappa shape index (κ3) is 4.56. The van der Waals surface area contributed by atoms with Gasteiger partial charge in [0, 0.05) is 0 Å². The lowest BCUT2D eigenvalue weighted by Crippen LogP contribution is -2.13. The molecule has 0 atom stereocenters. The topological polar surface area (TPSA) is 75.0 Å². The molecule has 0 radical (unpaired) electrons. The zero-order valence-electron chi connectivity index (χ0n) is 16.1. The number of amides is 1. The van der Waals surface area contributed by atoms with Crippen molar-refractivity contribution >= 4 is 38.7 Å². The van der Waals surface area contributed by atoms with E-state index in [2.05, 4.69) is 16.4 Å². The number of hydrogen-bond acceptors (Lipinski definition) is 5. The molecule has 0 saturated carbocycles. The molecule has 0 aliphatic heterocycles. The first-order valence-corrected chi connectivity index (χ1v) is 9.85. The molecule has 0 spiro atoms. The van der Waals surface area contributed by atoms with Gasteiger partial charge in [-0.3, -0.25) is 10.1 Å². The first kappa shape index (κ1) is 19.6. The molecule has 0 aliphatic carbocycles. The van der Waals surface area contributed by atoms with Crippen molar-refractivity contribution in [3.63, 3.8) is 0 Å². The van der Waals surface area contributed by atoms with Crippen LogP contribution >= 0.6 is 11.3 Å². The maximum Gasteiger partial charge on any atom is 0.268 e. The first-order chi connectivity index (χ1) is 13.5. The van der Waals surface area contributed by atoms with Crippen molar-refractivity contribution in [3.8, 4) is 11.8 Å². The lowest BCUT2D eigenvalue weighted by atomic mass is 10.1. The molecule has 0 saturated heterocycles.